The second-order valence-corrected chi connectivity index (χ2v) is 9.94. The lowest BCUT2D eigenvalue weighted by molar-refractivity contribution is -0.125. The summed E-state index contributed by atoms with van der Waals surface area (Å²) in [7, 11) is -3.13. The normalized spacial score (nSPS) is 25.1. The van der Waals surface area contributed by atoms with Crippen molar-refractivity contribution in [2.75, 3.05) is 18.1 Å². The fourth-order valence-corrected chi connectivity index (χ4v) is 5.01. The summed E-state index contributed by atoms with van der Waals surface area (Å²) in [5.74, 6) is 0.00381. The molecule has 6 nitrogen and oxygen atoms in total. The SMILES string of the molecule is CCS(=O)(=O)CCNC(=O)C1CC2CCCCC2N1C(=O)c1ccccc1. The average molecular weight is 393 g/mol. The van der Waals surface area contributed by atoms with Gasteiger partial charge in [0.25, 0.3) is 5.91 Å². The third-order valence-electron chi connectivity index (χ3n) is 5.80. The molecule has 3 unspecified atom stereocenters. The number of benzene rings is 1. The van der Waals surface area contributed by atoms with Crippen molar-refractivity contribution in [2.24, 2.45) is 5.92 Å². The molecule has 7 heteroatoms. The minimum Gasteiger partial charge on any atom is -0.353 e. The van der Waals surface area contributed by atoms with Gasteiger partial charge in [0.2, 0.25) is 5.91 Å². The highest BCUT2D eigenvalue weighted by Crippen LogP contribution is 2.40. The van der Waals surface area contributed by atoms with Crippen molar-refractivity contribution in [3.8, 4) is 0 Å². The van der Waals surface area contributed by atoms with E-state index in [9.17, 15) is 18.0 Å². The van der Waals surface area contributed by atoms with E-state index >= 15 is 0 Å². The van der Waals surface area contributed by atoms with E-state index < -0.39 is 15.9 Å². The Morgan fingerprint density at radius 1 is 1.15 bits per heavy atom. The van der Waals surface area contributed by atoms with Crippen molar-refractivity contribution in [1.29, 1.82) is 0 Å². The molecule has 0 aromatic heterocycles. The quantitative estimate of drug-likeness (QED) is 0.803. The first-order chi connectivity index (χ1) is 12.9. The molecular formula is C20H28N2O4S. The van der Waals surface area contributed by atoms with Crippen molar-refractivity contribution in [3.05, 3.63) is 35.9 Å². The maximum atomic E-state index is 13.1. The molecule has 1 aliphatic heterocycles. The molecule has 1 heterocycles. The van der Waals surface area contributed by atoms with Crippen molar-refractivity contribution in [1.82, 2.24) is 10.2 Å². The number of nitrogens with one attached hydrogen (secondary N) is 1. The summed E-state index contributed by atoms with van der Waals surface area (Å²) in [5.41, 5.74) is 0.593. The van der Waals surface area contributed by atoms with Crippen LogP contribution in [0.2, 0.25) is 0 Å². The maximum Gasteiger partial charge on any atom is 0.254 e. The molecule has 0 spiro atoms. The first-order valence-electron chi connectivity index (χ1n) is 9.79. The molecule has 1 saturated heterocycles. The van der Waals surface area contributed by atoms with E-state index in [2.05, 4.69) is 5.32 Å². The molecule has 0 bridgehead atoms. The molecule has 1 saturated carbocycles. The van der Waals surface area contributed by atoms with Crippen LogP contribution < -0.4 is 5.32 Å². The second kappa shape index (κ2) is 8.42. The largest absolute Gasteiger partial charge is 0.353 e. The van der Waals surface area contributed by atoms with E-state index in [-0.39, 0.29) is 35.9 Å². The number of nitrogens with zero attached hydrogens (tertiary/aromatic N) is 1. The number of sulfone groups is 1. The van der Waals surface area contributed by atoms with Crippen molar-refractivity contribution in [2.45, 2.75) is 51.1 Å². The third-order valence-corrected chi connectivity index (χ3v) is 7.50. The van der Waals surface area contributed by atoms with Gasteiger partial charge in [-0.1, -0.05) is 38.0 Å². The number of amides is 2. The van der Waals surface area contributed by atoms with E-state index in [0.29, 0.717) is 17.9 Å². The molecule has 1 aliphatic carbocycles. The molecule has 3 rings (SSSR count). The Bertz CT molecular complexity index is 778. The van der Waals surface area contributed by atoms with Gasteiger partial charge in [-0.15, -0.1) is 0 Å². The summed E-state index contributed by atoms with van der Waals surface area (Å²) < 4.78 is 23.3. The van der Waals surface area contributed by atoms with Crippen LogP contribution >= 0.6 is 0 Å². The van der Waals surface area contributed by atoms with E-state index in [4.69, 9.17) is 0 Å². The van der Waals surface area contributed by atoms with Gasteiger partial charge in [0, 0.05) is 23.9 Å². The van der Waals surface area contributed by atoms with Gasteiger partial charge in [0.05, 0.1) is 5.75 Å². The Morgan fingerprint density at radius 3 is 2.56 bits per heavy atom. The maximum absolute atomic E-state index is 13.1. The van der Waals surface area contributed by atoms with Crippen molar-refractivity contribution in [3.63, 3.8) is 0 Å². The number of fused-ring (bicyclic) bond motifs is 1. The van der Waals surface area contributed by atoms with Gasteiger partial charge in [-0.05, 0) is 37.3 Å². The summed E-state index contributed by atoms with van der Waals surface area (Å²) in [5, 5.41) is 2.75. The number of carbonyl (C=O) groups excluding carboxylic acids is 2. The smallest absolute Gasteiger partial charge is 0.254 e. The Balaban J connectivity index is 1.75. The molecule has 1 aromatic rings. The number of hydrogen-bond donors (Lipinski definition) is 1. The van der Waals surface area contributed by atoms with Gasteiger partial charge in [-0.2, -0.15) is 0 Å². The Hall–Kier alpha value is -1.89. The van der Waals surface area contributed by atoms with Gasteiger partial charge in [0.15, 0.2) is 9.84 Å². The van der Waals surface area contributed by atoms with Crippen LogP contribution in [0.4, 0.5) is 0 Å². The zero-order valence-corrected chi connectivity index (χ0v) is 16.6. The minimum atomic E-state index is -3.13. The van der Waals surface area contributed by atoms with E-state index in [1.165, 1.54) is 0 Å². The summed E-state index contributed by atoms with van der Waals surface area (Å²) in [6.07, 6.45) is 4.84. The Morgan fingerprint density at radius 2 is 1.85 bits per heavy atom. The second-order valence-electron chi connectivity index (χ2n) is 7.47. The number of hydrogen-bond acceptors (Lipinski definition) is 4. The molecule has 2 amide bonds. The van der Waals surface area contributed by atoms with Gasteiger partial charge < -0.3 is 10.2 Å². The molecule has 1 N–H and O–H groups in total. The topological polar surface area (TPSA) is 83.6 Å². The fraction of sp³-hybridized carbons (Fsp3) is 0.600. The molecule has 27 heavy (non-hydrogen) atoms. The predicted octanol–water partition coefficient (Wildman–Crippen LogP) is 2.01. The predicted molar refractivity (Wildman–Crippen MR) is 104 cm³/mol. The van der Waals surface area contributed by atoms with Crippen LogP contribution in [0.25, 0.3) is 0 Å². The van der Waals surface area contributed by atoms with Crippen LogP contribution in [0.5, 0.6) is 0 Å². The van der Waals surface area contributed by atoms with E-state index in [1.54, 1.807) is 24.0 Å². The minimum absolute atomic E-state index is 0.0645. The molecule has 148 valence electrons. The Kier molecular flexibility index (Phi) is 6.19. The number of likely N-dealkylation sites (tertiary alicyclic amines) is 1. The van der Waals surface area contributed by atoms with Crippen LogP contribution in [0.1, 0.15) is 49.4 Å². The fourth-order valence-electron chi connectivity index (χ4n) is 4.31. The summed E-state index contributed by atoms with van der Waals surface area (Å²) in [6, 6.07) is 8.65. The lowest BCUT2D eigenvalue weighted by Gasteiger charge is -2.33. The molecule has 3 atom stereocenters. The molecule has 2 fully saturated rings. The molecular weight excluding hydrogens is 364 g/mol. The standard InChI is InChI=1S/C20H28N2O4S/c1-2-27(25,26)13-12-21-19(23)18-14-16-10-6-7-11-17(16)22(18)20(24)15-8-4-3-5-9-15/h3-5,8-9,16-18H,2,6-7,10-14H2,1H3,(H,21,23). The van der Waals surface area contributed by atoms with Crippen LogP contribution in [0.15, 0.2) is 30.3 Å². The summed E-state index contributed by atoms with van der Waals surface area (Å²) in [6.45, 7) is 1.69. The van der Waals surface area contributed by atoms with Crippen molar-refractivity contribution < 1.29 is 18.0 Å². The van der Waals surface area contributed by atoms with E-state index in [1.807, 2.05) is 18.2 Å². The highest BCUT2D eigenvalue weighted by Gasteiger charge is 2.47. The summed E-state index contributed by atoms with van der Waals surface area (Å²) in [4.78, 5) is 27.7. The van der Waals surface area contributed by atoms with E-state index in [0.717, 1.165) is 25.7 Å². The average Bonchev–Trinajstić information content (AvgIpc) is 3.07. The molecule has 0 radical (unpaired) electrons. The zero-order chi connectivity index (χ0) is 19.4. The lowest BCUT2D eigenvalue weighted by Crippen LogP contribution is -2.50. The lowest BCUT2D eigenvalue weighted by atomic mass is 9.84. The highest BCUT2D eigenvalue weighted by molar-refractivity contribution is 7.91. The van der Waals surface area contributed by atoms with Crippen LogP contribution in [0, 0.1) is 5.92 Å². The first kappa shape index (κ1) is 19.9. The van der Waals surface area contributed by atoms with Gasteiger partial charge in [-0.3, -0.25) is 9.59 Å². The first-order valence-corrected chi connectivity index (χ1v) is 11.6. The summed E-state index contributed by atoms with van der Waals surface area (Å²) >= 11 is 0. The van der Waals surface area contributed by atoms with Crippen LogP contribution in [-0.4, -0.2) is 55.3 Å². The monoisotopic (exact) mass is 392 g/mol. The highest BCUT2D eigenvalue weighted by atomic mass is 32.2. The van der Waals surface area contributed by atoms with Gasteiger partial charge >= 0.3 is 0 Å². The molecule has 2 aliphatic rings. The van der Waals surface area contributed by atoms with Crippen LogP contribution in [-0.2, 0) is 14.6 Å². The van der Waals surface area contributed by atoms with Crippen molar-refractivity contribution >= 4 is 21.7 Å². The molecule has 1 aromatic carbocycles. The van der Waals surface area contributed by atoms with Gasteiger partial charge in [-0.25, -0.2) is 8.42 Å². The van der Waals surface area contributed by atoms with Crippen LogP contribution in [0.3, 0.4) is 0 Å². The number of rotatable bonds is 6. The third kappa shape index (κ3) is 4.51. The Labute approximate surface area is 161 Å². The zero-order valence-electron chi connectivity index (χ0n) is 15.8. The number of carbonyl (C=O) groups is 2. The van der Waals surface area contributed by atoms with Gasteiger partial charge in [0.1, 0.15) is 6.04 Å².